The van der Waals surface area contributed by atoms with Gasteiger partial charge in [-0.15, -0.1) is 0 Å². The molecule has 5 nitrogen and oxygen atoms in total. The normalized spacial score (nSPS) is 11.8. The van der Waals surface area contributed by atoms with Crippen LogP contribution < -0.4 is 4.74 Å². The minimum atomic E-state index is -3.61. The summed E-state index contributed by atoms with van der Waals surface area (Å²) in [7, 11) is -3.61. The molecule has 0 fully saturated rings. The molecule has 0 saturated heterocycles. The van der Waals surface area contributed by atoms with Crippen LogP contribution in [0.1, 0.15) is 58.8 Å². The molecule has 2 heterocycles. The Morgan fingerprint density at radius 2 is 1.46 bits per heavy atom. The van der Waals surface area contributed by atoms with E-state index < -0.39 is 10.0 Å². The first-order valence-electron chi connectivity index (χ1n) is 13.3. The average molecular weight is 539 g/mol. The molecule has 0 aliphatic carbocycles. The molecule has 0 N–H and O–H groups in total. The second-order valence-corrected chi connectivity index (χ2v) is 12.3. The van der Waals surface area contributed by atoms with E-state index in [1.165, 1.54) is 9.54 Å². The number of hydrogen-bond acceptors (Lipinski definition) is 4. The Hall–Kier alpha value is -3.90. The lowest BCUT2D eigenvalue weighted by molar-refractivity contribution is 0.305. The van der Waals surface area contributed by atoms with E-state index in [2.05, 4.69) is 52.0 Å². The number of rotatable bonds is 9. The third-order valence-corrected chi connectivity index (χ3v) is 8.69. The molecular formula is C33H34N2O3S. The minimum Gasteiger partial charge on any atom is -0.489 e. The lowest BCUT2D eigenvalue weighted by atomic mass is 9.97. The SMILES string of the molecule is Cc1cc(OCc2ccccc2)cc(C)c1Cc1ccc2c(n1)c(C(C)C)cn2S(=O)(=O)Cc1ccccc1. The number of nitrogens with zero attached hydrogens (tertiary/aromatic N) is 2. The van der Waals surface area contributed by atoms with Crippen LogP contribution in [0, 0.1) is 13.8 Å². The highest BCUT2D eigenvalue weighted by atomic mass is 32.2. The molecule has 0 unspecified atom stereocenters. The fourth-order valence-electron chi connectivity index (χ4n) is 4.98. The van der Waals surface area contributed by atoms with E-state index in [0.29, 0.717) is 18.5 Å². The Morgan fingerprint density at radius 3 is 2.08 bits per heavy atom. The Bertz CT molecular complexity index is 1680. The van der Waals surface area contributed by atoms with E-state index in [1.807, 2.05) is 60.7 Å². The number of hydrogen-bond donors (Lipinski definition) is 0. The maximum Gasteiger partial charge on any atom is 0.243 e. The van der Waals surface area contributed by atoms with Gasteiger partial charge in [0.25, 0.3) is 0 Å². The Morgan fingerprint density at radius 1 is 0.846 bits per heavy atom. The van der Waals surface area contributed by atoms with Gasteiger partial charge in [-0.05, 0) is 77.4 Å². The van der Waals surface area contributed by atoms with Gasteiger partial charge in [-0.2, -0.15) is 0 Å². The fourth-order valence-corrected chi connectivity index (χ4v) is 6.46. The van der Waals surface area contributed by atoms with Crippen LogP contribution in [-0.2, 0) is 28.8 Å². The van der Waals surface area contributed by atoms with Crippen LogP contribution in [-0.4, -0.2) is 17.4 Å². The standard InChI is InChI=1S/C33H34N2O3S/c1-23(2)31-20-35(39(36,37)22-27-13-9-6-10-14-27)32-16-15-28(34-33(31)32)19-30-24(3)17-29(18-25(30)4)38-21-26-11-7-5-8-12-26/h5-18,20,23H,19,21-22H2,1-4H3. The Kier molecular flexibility index (Phi) is 7.58. The molecule has 0 saturated carbocycles. The summed E-state index contributed by atoms with van der Waals surface area (Å²) in [4.78, 5) is 5.00. The maximum absolute atomic E-state index is 13.4. The maximum atomic E-state index is 13.4. The van der Waals surface area contributed by atoms with Crippen LogP contribution in [0.4, 0.5) is 0 Å². The summed E-state index contributed by atoms with van der Waals surface area (Å²) in [5, 5.41) is 0. The van der Waals surface area contributed by atoms with Crippen LogP contribution in [0.3, 0.4) is 0 Å². The molecule has 0 atom stereocenters. The van der Waals surface area contributed by atoms with E-state index in [1.54, 1.807) is 6.20 Å². The molecule has 6 heteroatoms. The van der Waals surface area contributed by atoms with Crippen molar-refractivity contribution in [3.8, 4) is 5.75 Å². The zero-order valence-corrected chi connectivity index (χ0v) is 23.7. The van der Waals surface area contributed by atoms with Crippen molar-refractivity contribution in [3.63, 3.8) is 0 Å². The summed E-state index contributed by atoms with van der Waals surface area (Å²) >= 11 is 0. The van der Waals surface area contributed by atoms with Crippen LogP contribution in [0.25, 0.3) is 11.0 Å². The van der Waals surface area contributed by atoms with Crippen LogP contribution in [0.2, 0.25) is 0 Å². The van der Waals surface area contributed by atoms with E-state index in [0.717, 1.165) is 44.8 Å². The fraction of sp³-hybridized carbons (Fsp3) is 0.242. The molecule has 0 amide bonds. The lowest BCUT2D eigenvalue weighted by Crippen LogP contribution is -2.14. The van der Waals surface area contributed by atoms with Crippen molar-refractivity contribution in [1.29, 1.82) is 0 Å². The highest BCUT2D eigenvalue weighted by Crippen LogP contribution is 2.30. The van der Waals surface area contributed by atoms with E-state index in [9.17, 15) is 8.42 Å². The number of aryl methyl sites for hydroxylation is 2. The zero-order chi connectivity index (χ0) is 27.6. The molecule has 0 aliphatic heterocycles. The molecule has 39 heavy (non-hydrogen) atoms. The van der Waals surface area contributed by atoms with Gasteiger partial charge < -0.3 is 4.74 Å². The van der Waals surface area contributed by atoms with Crippen molar-refractivity contribution >= 4 is 21.1 Å². The van der Waals surface area contributed by atoms with E-state index >= 15 is 0 Å². The van der Waals surface area contributed by atoms with Gasteiger partial charge in [0, 0.05) is 18.3 Å². The molecule has 0 aliphatic rings. The molecule has 2 aromatic heterocycles. The van der Waals surface area contributed by atoms with Crippen LogP contribution in [0.15, 0.2) is 91.1 Å². The van der Waals surface area contributed by atoms with Gasteiger partial charge in [0.1, 0.15) is 12.4 Å². The predicted molar refractivity (Wildman–Crippen MR) is 158 cm³/mol. The summed E-state index contributed by atoms with van der Waals surface area (Å²) in [5.74, 6) is 0.922. The summed E-state index contributed by atoms with van der Waals surface area (Å²) < 4.78 is 34.3. The third-order valence-electron chi connectivity index (χ3n) is 7.09. The predicted octanol–water partition coefficient (Wildman–Crippen LogP) is 7.32. The second-order valence-electron chi connectivity index (χ2n) is 10.4. The van der Waals surface area contributed by atoms with E-state index in [-0.39, 0.29) is 11.7 Å². The molecule has 5 aromatic rings. The number of aromatic nitrogens is 2. The number of ether oxygens (including phenoxy) is 1. The van der Waals surface area contributed by atoms with Crippen molar-refractivity contribution in [1.82, 2.24) is 8.96 Å². The zero-order valence-electron chi connectivity index (χ0n) is 22.9. The average Bonchev–Trinajstić information content (AvgIpc) is 3.31. The second kappa shape index (κ2) is 11.1. The Balaban J connectivity index is 1.43. The Labute approximate surface area is 231 Å². The van der Waals surface area contributed by atoms with Crippen molar-refractivity contribution in [2.24, 2.45) is 0 Å². The summed E-state index contributed by atoms with van der Waals surface area (Å²) in [6.45, 7) is 8.86. The monoisotopic (exact) mass is 538 g/mol. The van der Waals surface area contributed by atoms with Gasteiger partial charge in [0.2, 0.25) is 10.0 Å². The quantitative estimate of drug-likeness (QED) is 0.197. The summed E-state index contributed by atoms with van der Waals surface area (Å²) in [6.07, 6.45) is 2.41. The summed E-state index contributed by atoms with van der Waals surface area (Å²) in [5.41, 5.74) is 8.60. The number of benzene rings is 3. The highest BCUT2D eigenvalue weighted by molar-refractivity contribution is 7.89. The number of fused-ring (bicyclic) bond motifs is 1. The van der Waals surface area contributed by atoms with E-state index in [4.69, 9.17) is 9.72 Å². The van der Waals surface area contributed by atoms with Crippen molar-refractivity contribution in [2.75, 3.05) is 0 Å². The molecule has 5 rings (SSSR count). The first-order chi connectivity index (χ1) is 18.7. The molecule has 0 bridgehead atoms. The molecule has 200 valence electrons. The third kappa shape index (κ3) is 5.91. The first-order valence-corrected chi connectivity index (χ1v) is 14.9. The van der Waals surface area contributed by atoms with Crippen molar-refractivity contribution in [2.45, 2.75) is 52.4 Å². The van der Waals surface area contributed by atoms with Gasteiger partial charge in [-0.25, -0.2) is 12.4 Å². The first kappa shape index (κ1) is 26.7. The van der Waals surface area contributed by atoms with Crippen LogP contribution >= 0.6 is 0 Å². The van der Waals surface area contributed by atoms with Gasteiger partial charge in [-0.1, -0.05) is 74.5 Å². The number of pyridine rings is 1. The topological polar surface area (TPSA) is 61.2 Å². The molecule has 3 aromatic carbocycles. The van der Waals surface area contributed by atoms with Gasteiger partial charge in [0.05, 0.1) is 16.8 Å². The lowest BCUT2D eigenvalue weighted by Gasteiger charge is -2.14. The van der Waals surface area contributed by atoms with Gasteiger partial charge >= 0.3 is 0 Å². The minimum absolute atomic E-state index is 0.0615. The van der Waals surface area contributed by atoms with Gasteiger partial charge in [0.15, 0.2) is 0 Å². The smallest absolute Gasteiger partial charge is 0.243 e. The van der Waals surface area contributed by atoms with Crippen molar-refractivity contribution < 1.29 is 13.2 Å². The van der Waals surface area contributed by atoms with Crippen LogP contribution in [0.5, 0.6) is 5.75 Å². The molecule has 0 spiro atoms. The highest BCUT2D eigenvalue weighted by Gasteiger charge is 2.22. The molecule has 0 radical (unpaired) electrons. The summed E-state index contributed by atoms with van der Waals surface area (Å²) in [6, 6.07) is 27.4. The van der Waals surface area contributed by atoms with Gasteiger partial charge in [-0.3, -0.25) is 4.98 Å². The molecular weight excluding hydrogens is 504 g/mol. The van der Waals surface area contributed by atoms with Crippen molar-refractivity contribution in [3.05, 3.63) is 130 Å². The largest absolute Gasteiger partial charge is 0.489 e.